The molecular weight excluding hydrogens is 490 g/mol. The van der Waals surface area contributed by atoms with E-state index in [1.54, 1.807) is 9.91 Å². The van der Waals surface area contributed by atoms with Gasteiger partial charge >= 0.3 is 6.03 Å². The smallest absolute Gasteiger partial charge is 0.332 e. The number of carbonyl (C=O) groups is 3. The summed E-state index contributed by atoms with van der Waals surface area (Å²) in [5.41, 5.74) is 2.89. The Morgan fingerprint density at radius 2 is 1.77 bits per heavy atom. The molecule has 2 aliphatic heterocycles. The zero-order chi connectivity index (χ0) is 27.4. The minimum atomic E-state index is -0.709. The van der Waals surface area contributed by atoms with Gasteiger partial charge < -0.3 is 15.1 Å². The minimum Gasteiger partial charge on any atom is -0.333 e. The predicted molar refractivity (Wildman–Crippen MR) is 150 cm³/mol. The molecule has 0 radical (unpaired) electrons. The first kappa shape index (κ1) is 26.7. The molecule has 3 aliphatic rings. The van der Waals surface area contributed by atoms with Crippen LogP contribution in [0.3, 0.4) is 0 Å². The number of nitrogens with one attached hydrogen (secondary N) is 1. The molecule has 1 aliphatic carbocycles. The first-order valence-corrected chi connectivity index (χ1v) is 13.9. The maximum atomic E-state index is 14.1. The van der Waals surface area contributed by atoms with Crippen LogP contribution in [0.4, 0.5) is 4.79 Å². The van der Waals surface area contributed by atoms with Crippen molar-refractivity contribution in [2.45, 2.75) is 57.9 Å². The van der Waals surface area contributed by atoms with Gasteiger partial charge in [-0.15, -0.1) is 0 Å². The molecule has 4 amide bonds. The fraction of sp³-hybridized carbons (Fsp3) is 0.387. The maximum absolute atomic E-state index is 14.1. The molecule has 39 heavy (non-hydrogen) atoms. The largest absolute Gasteiger partial charge is 0.333 e. The van der Waals surface area contributed by atoms with Crippen LogP contribution in [0, 0.1) is 0 Å². The number of hydrogen-bond donors (Lipinski definition) is 1. The molecule has 0 bridgehead atoms. The number of piperazine rings is 1. The Labute approximate surface area is 230 Å². The van der Waals surface area contributed by atoms with Crippen LogP contribution >= 0.6 is 0 Å². The van der Waals surface area contributed by atoms with Gasteiger partial charge in [0, 0.05) is 13.1 Å². The monoisotopic (exact) mass is 527 g/mol. The number of nitrogens with zero attached hydrogens (tertiary/aromatic N) is 4. The van der Waals surface area contributed by atoms with Gasteiger partial charge in [-0.05, 0) is 42.9 Å². The molecule has 8 nitrogen and oxygen atoms in total. The molecule has 2 fully saturated rings. The highest BCUT2D eigenvalue weighted by Gasteiger charge is 2.53. The van der Waals surface area contributed by atoms with Crippen molar-refractivity contribution >= 4 is 17.8 Å². The van der Waals surface area contributed by atoms with Crippen molar-refractivity contribution in [1.29, 1.82) is 0 Å². The third kappa shape index (κ3) is 5.47. The Hall–Kier alpha value is -3.91. The lowest BCUT2D eigenvalue weighted by Gasteiger charge is -2.48. The van der Waals surface area contributed by atoms with Crippen molar-refractivity contribution in [2.24, 2.45) is 0 Å². The molecule has 3 atom stereocenters. The van der Waals surface area contributed by atoms with Crippen LogP contribution in [0.5, 0.6) is 0 Å². The molecule has 5 rings (SSSR count). The molecule has 1 unspecified atom stereocenters. The lowest BCUT2D eigenvalue weighted by Crippen LogP contribution is -2.66. The second-order valence-electron chi connectivity index (χ2n) is 10.3. The molecule has 0 spiro atoms. The predicted octanol–water partition coefficient (Wildman–Crippen LogP) is 4.24. The highest BCUT2D eigenvalue weighted by atomic mass is 16.2. The van der Waals surface area contributed by atoms with E-state index in [2.05, 4.69) is 17.5 Å². The fourth-order valence-corrected chi connectivity index (χ4v) is 5.75. The summed E-state index contributed by atoms with van der Waals surface area (Å²) in [7, 11) is 0. The van der Waals surface area contributed by atoms with Crippen LogP contribution in [0.15, 0.2) is 84.5 Å². The summed E-state index contributed by atoms with van der Waals surface area (Å²) in [4.78, 5) is 44.7. The lowest BCUT2D eigenvalue weighted by molar-refractivity contribution is -0.157. The van der Waals surface area contributed by atoms with E-state index >= 15 is 0 Å². The van der Waals surface area contributed by atoms with E-state index in [1.807, 2.05) is 90.5 Å². The van der Waals surface area contributed by atoms with E-state index in [1.165, 1.54) is 0 Å². The van der Waals surface area contributed by atoms with Gasteiger partial charge in [0.1, 0.15) is 12.2 Å². The Morgan fingerprint density at radius 3 is 2.44 bits per heavy atom. The molecule has 204 valence electrons. The van der Waals surface area contributed by atoms with E-state index < -0.39 is 12.2 Å². The lowest BCUT2D eigenvalue weighted by atomic mass is 9.94. The van der Waals surface area contributed by atoms with Crippen LogP contribution in [0.1, 0.15) is 50.3 Å². The highest BCUT2D eigenvalue weighted by molar-refractivity contribution is 5.94. The van der Waals surface area contributed by atoms with E-state index in [-0.39, 0.29) is 30.4 Å². The third-order valence-corrected chi connectivity index (χ3v) is 7.76. The van der Waals surface area contributed by atoms with Gasteiger partial charge in [-0.25, -0.2) is 4.79 Å². The van der Waals surface area contributed by atoms with Gasteiger partial charge in [-0.1, -0.05) is 85.8 Å². The summed E-state index contributed by atoms with van der Waals surface area (Å²) in [6.07, 6.45) is 8.16. The fourth-order valence-electron chi connectivity index (χ4n) is 5.75. The van der Waals surface area contributed by atoms with E-state index in [0.717, 1.165) is 36.0 Å². The second kappa shape index (κ2) is 11.9. The molecule has 0 saturated carbocycles. The SMILES string of the molecule is CCCN(C(=O)NCc1ccccc1)N1CC(=O)N2C1CN([C@@H](C)c1ccccc1)C(=O)[C@@H]2C1=CCCC=C1. The van der Waals surface area contributed by atoms with Crippen LogP contribution in [-0.2, 0) is 16.1 Å². The zero-order valence-corrected chi connectivity index (χ0v) is 22.7. The number of benzene rings is 2. The molecule has 2 saturated heterocycles. The summed E-state index contributed by atoms with van der Waals surface area (Å²) >= 11 is 0. The van der Waals surface area contributed by atoms with Gasteiger partial charge in [0.2, 0.25) is 5.91 Å². The summed E-state index contributed by atoms with van der Waals surface area (Å²) in [6.45, 7) is 5.28. The summed E-state index contributed by atoms with van der Waals surface area (Å²) in [6, 6.07) is 18.6. The number of allylic oxidation sites excluding steroid dienone is 2. The molecule has 8 heteroatoms. The molecule has 2 heterocycles. The van der Waals surface area contributed by atoms with Crippen molar-refractivity contribution in [3.05, 3.63) is 95.6 Å². The topological polar surface area (TPSA) is 76.2 Å². The molecule has 1 N–H and O–H groups in total. The second-order valence-corrected chi connectivity index (χ2v) is 10.3. The quantitative estimate of drug-likeness (QED) is 0.557. The number of hydrazine groups is 1. The number of carbonyl (C=O) groups excluding carboxylic acids is 3. The van der Waals surface area contributed by atoms with Crippen molar-refractivity contribution in [3.8, 4) is 0 Å². The third-order valence-electron chi connectivity index (χ3n) is 7.76. The summed E-state index contributed by atoms with van der Waals surface area (Å²) < 4.78 is 0. The van der Waals surface area contributed by atoms with Crippen LogP contribution in [-0.4, -0.2) is 69.5 Å². The van der Waals surface area contributed by atoms with Gasteiger partial charge in [0.25, 0.3) is 5.91 Å². The molecule has 2 aromatic rings. The Morgan fingerprint density at radius 1 is 1.05 bits per heavy atom. The van der Waals surface area contributed by atoms with Crippen molar-refractivity contribution in [1.82, 2.24) is 25.1 Å². The number of amides is 4. The summed E-state index contributed by atoms with van der Waals surface area (Å²) in [5.74, 6) is -0.214. The van der Waals surface area contributed by atoms with Gasteiger partial charge in [0.05, 0.1) is 19.1 Å². The van der Waals surface area contributed by atoms with Gasteiger partial charge in [-0.2, -0.15) is 5.01 Å². The number of rotatable bonds is 8. The average molecular weight is 528 g/mol. The Kier molecular flexibility index (Phi) is 8.12. The maximum Gasteiger partial charge on any atom is 0.332 e. The molecule has 0 aromatic heterocycles. The van der Waals surface area contributed by atoms with Crippen LogP contribution in [0.25, 0.3) is 0 Å². The average Bonchev–Trinajstić information content (AvgIpc) is 3.30. The zero-order valence-electron chi connectivity index (χ0n) is 22.7. The summed E-state index contributed by atoms with van der Waals surface area (Å²) in [5, 5.41) is 6.55. The van der Waals surface area contributed by atoms with Crippen molar-refractivity contribution in [2.75, 3.05) is 19.6 Å². The van der Waals surface area contributed by atoms with E-state index in [0.29, 0.717) is 19.6 Å². The highest BCUT2D eigenvalue weighted by Crippen LogP contribution is 2.35. The van der Waals surface area contributed by atoms with Crippen LogP contribution < -0.4 is 5.32 Å². The van der Waals surface area contributed by atoms with Crippen molar-refractivity contribution < 1.29 is 14.4 Å². The minimum absolute atomic E-state index is 0.0533. The van der Waals surface area contributed by atoms with Crippen molar-refractivity contribution in [3.63, 3.8) is 0 Å². The first-order chi connectivity index (χ1) is 19.0. The Balaban J connectivity index is 1.46. The normalized spacial score (nSPS) is 21.9. The molecular formula is C31H37N5O3. The van der Waals surface area contributed by atoms with Crippen LogP contribution in [0.2, 0.25) is 0 Å². The first-order valence-electron chi connectivity index (χ1n) is 13.9. The standard InChI is InChI=1S/C31H37N5O3/c1-3-19-34(31(39)32-20-24-13-7-4-8-14-24)35-22-28(37)36-27(35)21-33(23(2)25-15-9-5-10-16-25)30(38)29(36)26-17-11-6-12-18-26/h4-5,7-11,13-18,23,27,29H,3,6,12,19-22H2,1-2H3,(H,32,39)/t23-,27?,29-/m0/s1. The Bertz CT molecular complexity index is 1250. The van der Waals surface area contributed by atoms with Gasteiger partial charge in [0.15, 0.2) is 0 Å². The number of hydrogen-bond acceptors (Lipinski definition) is 4. The van der Waals surface area contributed by atoms with Gasteiger partial charge in [-0.3, -0.25) is 14.6 Å². The van der Waals surface area contributed by atoms with E-state index in [9.17, 15) is 14.4 Å². The number of fused-ring (bicyclic) bond motifs is 1. The molecule has 2 aromatic carbocycles. The van der Waals surface area contributed by atoms with E-state index in [4.69, 9.17) is 0 Å². The number of urea groups is 1.